The van der Waals surface area contributed by atoms with Gasteiger partial charge in [-0.3, -0.25) is 0 Å². The molecule has 0 spiro atoms. The van der Waals surface area contributed by atoms with Crippen LogP contribution in [0.15, 0.2) is 237 Å². The van der Waals surface area contributed by atoms with Gasteiger partial charge in [0.2, 0.25) is 0 Å². The fourth-order valence-corrected chi connectivity index (χ4v) is 8.12. The average molecular weight is 730 g/mol. The zero-order chi connectivity index (χ0) is 38.0. The molecule has 0 fully saturated rings. The van der Waals surface area contributed by atoms with Gasteiger partial charge < -0.3 is 14.4 Å². The van der Waals surface area contributed by atoms with E-state index in [1.54, 1.807) is 0 Å². The minimum atomic E-state index is 1.05. The van der Waals surface area contributed by atoms with Crippen LogP contribution in [0.1, 0.15) is 0 Å². The lowest BCUT2D eigenvalue weighted by molar-refractivity contribution is 1.17. The molecule has 1 aromatic heterocycles. The van der Waals surface area contributed by atoms with Gasteiger partial charge in [0.25, 0.3) is 0 Å². The maximum absolute atomic E-state index is 2.43. The average Bonchev–Trinajstić information content (AvgIpc) is 3.63. The summed E-state index contributed by atoms with van der Waals surface area (Å²) in [5, 5.41) is 2.37. The summed E-state index contributed by atoms with van der Waals surface area (Å²) < 4.78 is 2.43. The predicted octanol–water partition coefficient (Wildman–Crippen LogP) is 15.1. The maximum atomic E-state index is 2.43. The number of anilines is 6. The van der Waals surface area contributed by atoms with Gasteiger partial charge in [-0.2, -0.15) is 0 Å². The molecule has 9 aromatic carbocycles. The lowest BCUT2D eigenvalue weighted by Crippen LogP contribution is -2.14. The van der Waals surface area contributed by atoms with E-state index in [1.807, 2.05) is 0 Å². The molecule has 0 atom stereocenters. The number of nitrogens with zero attached hydrogens (tertiary/aromatic N) is 3. The smallest absolute Gasteiger partial charge is 0.0583 e. The van der Waals surface area contributed by atoms with Crippen molar-refractivity contribution in [2.24, 2.45) is 0 Å². The highest BCUT2D eigenvalue weighted by Crippen LogP contribution is 2.48. The molecule has 0 aliphatic heterocycles. The second kappa shape index (κ2) is 14.9. The van der Waals surface area contributed by atoms with Crippen LogP contribution in [-0.2, 0) is 0 Å². The van der Waals surface area contributed by atoms with Crippen LogP contribution in [0, 0.1) is 0 Å². The van der Waals surface area contributed by atoms with E-state index in [4.69, 9.17) is 0 Å². The van der Waals surface area contributed by atoms with Crippen molar-refractivity contribution >= 4 is 55.9 Å². The highest BCUT2D eigenvalue weighted by atomic mass is 15.2. The molecular formula is C54H39N3. The third-order valence-corrected chi connectivity index (χ3v) is 10.7. The number of hydrogen-bond donors (Lipinski definition) is 0. The largest absolute Gasteiger partial charge is 0.310 e. The van der Waals surface area contributed by atoms with Gasteiger partial charge in [-0.15, -0.1) is 0 Å². The zero-order valence-corrected chi connectivity index (χ0v) is 31.4. The Kier molecular flexibility index (Phi) is 8.86. The van der Waals surface area contributed by atoms with Gasteiger partial charge in [-0.1, -0.05) is 158 Å². The van der Waals surface area contributed by atoms with Crippen LogP contribution in [-0.4, -0.2) is 4.57 Å². The summed E-state index contributed by atoms with van der Waals surface area (Å²) in [6, 6.07) is 84.8. The predicted molar refractivity (Wildman–Crippen MR) is 241 cm³/mol. The first kappa shape index (κ1) is 33.9. The Hall–Kier alpha value is -7.62. The first-order chi connectivity index (χ1) is 28.3. The van der Waals surface area contributed by atoms with Crippen molar-refractivity contribution in [2.75, 3.05) is 9.80 Å². The van der Waals surface area contributed by atoms with Crippen molar-refractivity contribution in [3.05, 3.63) is 237 Å². The van der Waals surface area contributed by atoms with E-state index in [-0.39, 0.29) is 0 Å². The fourth-order valence-electron chi connectivity index (χ4n) is 8.12. The molecule has 57 heavy (non-hydrogen) atoms. The van der Waals surface area contributed by atoms with Gasteiger partial charge in [-0.05, 0) is 101 Å². The SMILES string of the molecule is c1ccc(-c2ccc(N(c3ccccc3)c3cc(N(c4ccccc4)c4ccccc4)c4c5ccccc5n(-c5ccc(-c6ccccc6)cc5)c4c3)cc2)cc1. The van der Waals surface area contributed by atoms with E-state index >= 15 is 0 Å². The number of rotatable bonds is 9. The zero-order valence-electron chi connectivity index (χ0n) is 31.4. The normalized spacial score (nSPS) is 11.2. The van der Waals surface area contributed by atoms with E-state index in [0.717, 1.165) is 50.8 Å². The summed E-state index contributed by atoms with van der Waals surface area (Å²) in [6.45, 7) is 0. The van der Waals surface area contributed by atoms with E-state index in [9.17, 15) is 0 Å². The van der Waals surface area contributed by atoms with Crippen molar-refractivity contribution in [1.29, 1.82) is 0 Å². The van der Waals surface area contributed by atoms with Crippen LogP contribution in [0.4, 0.5) is 34.1 Å². The molecule has 0 radical (unpaired) electrons. The number of aromatic nitrogens is 1. The molecule has 0 unspecified atom stereocenters. The Morgan fingerprint density at radius 1 is 0.281 bits per heavy atom. The first-order valence-corrected chi connectivity index (χ1v) is 19.4. The Bertz CT molecular complexity index is 2870. The van der Waals surface area contributed by atoms with Gasteiger partial charge in [0.15, 0.2) is 0 Å². The monoisotopic (exact) mass is 729 g/mol. The summed E-state index contributed by atoms with van der Waals surface area (Å²) >= 11 is 0. The standard InChI is InChI=1S/C54H39N3/c1-6-18-40(19-7-1)42-30-34-47(35-31-42)55(44-22-10-3-11-23-44)49-38-52(56(45-24-12-4-13-25-45)46-26-14-5-15-27-46)54-50-28-16-17-29-51(50)57(53(54)39-49)48-36-32-43(33-37-48)41-20-8-2-9-21-41/h1-39H. The number of fused-ring (bicyclic) bond motifs is 3. The van der Waals surface area contributed by atoms with Gasteiger partial charge in [0.1, 0.15) is 0 Å². The minimum Gasteiger partial charge on any atom is -0.310 e. The molecule has 3 nitrogen and oxygen atoms in total. The van der Waals surface area contributed by atoms with Crippen LogP contribution < -0.4 is 9.80 Å². The Labute approximate surface area is 333 Å². The van der Waals surface area contributed by atoms with Crippen molar-refractivity contribution in [1.82, 2.24) is 4.57 Å². The summed E-state index contributed by atoms with van der Waals surface area (Å²) in [6.07, 6.45) is 0. The minimum absolute atomic E-state index is 1.05. The van der Waals surface area contributed by atoms with E-state index in [0.29, 0.717) is 0 Å². The highest BCUT2D eigenvalue weighted by molar-refractivity contribution is 6.18. The summed E-state index contributed by atoms with van der Waals surface area (Å²) in [5.41, 5.74) is 14.6. The van der Waals surface area contributed by atoms with E-state index < -0.39 is 0 Å². The first-order valence-electron chi connectivity index (χ1n) is 19.4. The molecule has 0 amide bonds. The topological polar surface area (TPSA) is 11.4 Å². The molecule has 0 bridgehead atoms. The van der Waals surface area contributed by atoms with Crippen LogP contribution in [0.25, 0.3) is 49.7 Å². The van der Waals surface area contributed by atoms with Crippen LogP contribution in [0.2, 0.25) is 0 Å². The number of benzene rings is 9. The molecule has 270 valence electrons. The van der Waals surface area contributed by atoms with Gasteiger partial charge >= 0.3 is 0 Å². The van der Waals surface area contributed by atoms with E-state index in [2.05, 4.69) is 251 Å². The quantitative estimate of drug-likeness (QED) is 0.147. The van der Waals surface area contributed by atoms with Gasteiger partial charge in [-0.25, -0.2) is 0 Å². The number of para-hydroxylation sites is 4. The van der Waals surface area contributed by atoms with Crippen molar-refractivity contribution in [3.63, 3.8) is 0 Å². The number of hydrogen-bond acceptors (Lipinski definition) is 2. The van der Waals surface area contributed by atoms with Crippen LogP contribution in [0.5, 0.6) is 0 Å². The molecule has 1 heterocycles. The molecular weight excluding hydrogens is 691 g/mol. The molecule has 0 saturated heterocycles. The van der Waals surface area contributed by atoms with Crippen molar-refractivity contribution in [3.8, 4) is 27.9 Å². The third-order valence-electron chi connectivity index (χ3n) is 10.7. The molecule has 0 aliphatic rings. The Morgan fingerprint density at radius 2 is 0.684 bits per heavy atom. The molecule has 0 saturated carbocycles. The second-order valence-electron chi connectivity index (χ2n) is 14.2. The Morgan fingerprint density at radius 3 is 1.21 bits per heavy atom. The third kappa shape index (κ3) is 6.41. The fraction of sp³-hybridized carbons (Fsp3) is 0. The highest BCUT2D eigenvalue weighted by Gasteiger charge is 2.25. The van der Waals surface area contributed by atoms with Crippen LogP contribution >= 0.6 is 0 Å². The molecule has 10 rings (SSSR count). The maximum Gasteiger partial charge on any atom is 0.0583 e. The Balaban J connectivity index is 1.27. The summed E-state index contributed by atoms with van der Waals surface area (Å²) in [4.78, 5) is 4.79. The summed E-state index contributed by atoms with van der Waals surface area (Å²) in [7, 11) is 0. The lowest BCUT2D eigenvalue weighted by Gasteiger charge is -2.30. The van der Waals surface area contributed by atoms with Crippen molar-refractivity contribution < 1.29 is 0 Å². The van der Waals surface area contributed by atoms with Gasteiger partial charge in [0.05, 0.1) is 22.4 Å². The molecule has 3 heteroatoms. The van der Waals surface area contributed by atoms with Gasteiger partial charge in [0, 0.05) is 39.2 Å². The molecule has 0 N–H and O–H groups in total. The second-order valence-corrected chi connectivity index (χ2v) is 14.2. The molecule has 10 aromatic rings. The van der Waals surface area contributed by atoms with Crippen molar-refractivity contribution in [2.45, 2.75) is 0 Å². The lowest BCUT2D eigenvalue weighted by atomic mass is 10.0. The molecule has 0 aliphatic carbocycles. The van der Waals surface area contributed by atoms with E-state index in [1.165, 1.54) is 33.0 Å². The van der Waals surface area contributed by atoms with Crippen LogP contribution in [0.3, 0.4) is 0 Å². The summed E-state index contributed by atoms with van der Waals surface area (Å²) in [5.74, 6) is 0.